The van der Waals surface area contributed by atoms with Crippen LogP contribution in [0, 0.1) is 5.92 Å². The lowest BCUT2D eigenvalue weighted by Gasteiger charge is -2.44. The van der Waals surface area contributed by atoms with Gasteiger partial charge in [0.1, 0.15) is 6.61 Å². The molecular weight excluding hydrogens is 664 g/mol. The highest BCUT2D eigenvalue weighted by Gasteiger charge is 2.49. The number of methoxy groups -OCH3 is 1. The summed E-state index contributed by atoms with van der Waals surface area (Å²) in [5.74, 6) is 1.12. The number of carbonyl (C=O) groups is 2. The van der Waals surface area contributed by atoms with Crippen molar-refractivity contribution in [2.45, 2.75) is 89.3 Å². The van der Waals surface area contributed by atoms with E-state index in [4.69, 9.17) is 25.8 Å². The van der Waals surface area contributed by atoms with Gasteiger partial charge in [0, 0.05) is 22.8 Å². The molecule has 4 atom stereocenters. The third-order valence-corrected chi connectivity index (χ3v) is 11.1. The molecule has 2 bridgehead atoms. The van der Waals surface area contributed by atoms with Gasteiger partial charge in [-0.05, 0) is 117 Å². The van der Waals surface area contributed by atoms with E-state index in [9.17, 15) is 14.7 Å². The van der Waals surface area contributed by atoms with Crippen molar-refractivity contribution >= 4 is 29.3 Å². The van der Waals surface area contributed by atoms with Gasteiger partial charge in [-0.1, -0.05) is 66.2 Å². The zero-order valence-electron chi connectivity index (χ0n) is 29.6. The number of ether oxygens (including phenoxy) is 3. The van der Waals surface area contributed by atoms with Gasteiger partial charge in [0.2, 0.25) is 5.91 Å². The first-order valence-corrected chi connectivity index (χ1v) is 18.2. The Morgan fingerprint density at radius 3 is 2.24 bits per heavy atom. The SMILES string of the molecule is COc1cc2c(cc1OC(C)C)[C@H](c1ccc(Cl)cc1)N(c1ccc(C(C)(O)C3CC4CCC(C3)N4C(=O)OCc3ccccc3)cc1)C(=O)C2. The largest absolute Gasteiger partial charge is 0.493 e. The fourth-order valence-corrected chi connectivity index (χ4v) is 8.38. The lowest BCUT2D eigenvalue weighted by atomic mass is 9.75. The smallest absolute Gasteiger partial charge is 0.410 e. The van der Waals surface area contributed by atoms with E-state index in [-0.39, 0.29) is 49.1 Å². The number of aliphatic hydroxyl groups is 1. The predicted octanol–water partition coefficient (Wildman–Crippen LogP) is 8.60. The quantitative estimate of drug-likeness (QED) is 0.187. The van der Waals surface area contributed by atoms with Crippen LogP contribution in [-0.2, 0) is 28.2 Å². The second-order valence-electron chi connectivity index (χ2n) is 14.5. The summed E-state index contributed by atoms with van der Waals surface area (Å²) in [6.07, 6.45) is 3.04. The van der Waals surface area contributed by atoms with E-state index in [0.717, 1.165) is 46.3 Å². The maximum absolute atomic E-state index is 14.0. The first-order chi connectivity index (χ1) is 24.5. The molecule has 3 aliphatic heterocycles. The average Bonchev–Trinajstić information content (AvgIpc) is 3.39. The molecule has 0 radical (unpaired) electrons. The highest BCUT2D eigenvalue weighted by atomic mass is 35.5. The van der Waals surface area contributed by atoms with E-state index in [2.05, 4.69) is 0 Å². The Kier molecular flexibility index (Phi) is 9.74. The Morgan fingerprint density at radius 1 is 0.941 bits per heavy atom. The number of piperidine rings is 1. The lowest BCUT2D eigenvalue weighted by molar-refractivity contribution is -0.118. The van der Waals surface area contributed by atoms with Crippen LogP contribution in [0.2, 0.25) is 5.02 Å². The summed E-state index contributed by atoms with van der Waals surface area (Å²) in [6.45, 7) is 6.06. The Bertz CT molecular complexity index is 1860. The van der Waals surface area contributed by atoms with Gasteiger partial charge in [-0.25, -0.2) is 4.79 Å². The van der Waals surface area contributed by atoms with Crippen molar-refractivity contribution in [1.82, 2.24) is 4.90 Å². The normalized spacial score (nSPS) is 22.4. The van der Waals surface area contributed by atoms with Gasteiger partial charge in [0.05, 0.1) is 31.3 Å². The fraction of sp³-hybridized carbons (Fsp3) is 0.381. The maximum atomic E-state index is 14.0. The first kappa shape index (κ1) is 34.9. The molecule has 2 saturated heterocycles. The van der Waals surface area contributed by atoms with Gasteiger partial charge in [-0.2, -0.15) is 0 Å². The van der Waals surface area contributed by atoms with Crippen molar-refractivity contribution in [2.75, 3.05) is 12.0 Å². The van der Waals surface area contributed by atoms with Crippen LogP contribution in [0.4, 0.5) is 10.5 Å². The molecule has 0 spiro atoms. The topological polar surface area (TPSA) is 88.5 Å². The van der Waals surface area contributed by atoms with Crippen molar-refractivity contribution in [3.8, 4) is 11.5 Å². The highest BCUT2D eigenvalue weighted by Crippen LogP contribution is 2.48. The van der Waals surface area contributed by atoms with Crippen LogP contribution in [0.1, 0.15) is 80.3 Å². The summed E-state index contributed by atoms with van der Waals surface area (Å²) < 4.78 is 17.5. The van der Waals surface area contributed by atoms with Gasteiger partial charge in [-0.3, -0.25) is 4.79 Å². The van der Waals surface area contributed by atoms with Crippen molar-refractivity contribution in [3.63, 3.8) is 0 Å². The fourth-order valence-electron chi connectivity index (χ4n) is 8.25. The van der Waals surface area contributed by atoms with E-state index in [1.165, 1.54) is 0 Å². The van der Waals surface area contributed by atoms with Crippen molar-refractivity contribution in [3.05, 3.63) is 124 Å². The summed E-state index contributed by atoms with van der Waals surface area (Å²) in [4.78, 5) is 30.9. The molecule has 1 N–H and O–H groups in total. The number of carbonyl (C=O) groups excluding carboxylic acids is 2. The van der Waals surface area contributed by atoms with E-state index in [0.29, 0.717) is 29.4 Å². The summed E-state index contributed by atoms with van der Waals surface area (Å²) in [5.41, 5.74) is 4.08. The number of benzene rings is 4. The molecule has 4 aromatic carbocycles. The number of halogens is 1. The molecule has 8 nitrogen and oxygen atoms in total. The minimum absolute atomic E-state index is 0.0251. The van der Waals surface area contributed by atoms with Crippen LogP contribution in [0.3, 0.4) is 0 Å². The number of nitrogens with zero attached hydrogens (tertiary/aromatic N) is 2. The molecule has 3 aliphatic rings. The molecule has 7 rings (SSSR count). The van der Waals surface area contributed by atoms with Crippen LogP contribution in [0.15, 0.2) is 91.0 Å². The molecule has 4 aromatic rings. The highest BCUT2D eigenvalue weighted by molar-refractivity contribution is 6.30. The Hall–Kier alpha value is -4.53. The summed E-state index contributed by atoms with van der Waals surface area (Å²) in [7, 11) is 1.61. The Morgan fingerprint density at radius 2 is 1.61 bits per heavy atom. The van der Waals surface area contributed by atoms with E-state index < -0.39 is 11.6 Å². The molecule has 3 heterocycles. The third-order valence-electron chi connectivity index (χ3n) is 10.8. The number of amides is 2. The number of fused-ring (bicyclic) bond motifs is 3. The molecule has 266 valence electrons. The first-order valence-electron chi connectivity index (χ1n) is 17.8. The van der Waals surface area contributed by atoms with Crippen molar-refractivity contribution < 1.29 is 28.9 Å². The minimum Gasteiger partial charge on any atom is -0.493 e. The maximum Gasteiger partial charge on any atom is 0.410 e. The van der Waals surface area contributed by atoms with Gasteiger partial charge < -0.3 is 29.1 Å². The number of anilines is 1. The van der Waals surface area contributed by atoms with Crippen molar-refractivity contribution in [1.29, 1.82) is 0 Å². The third kappa shape index (κ3) is 6.91. The summed E-state index contributed by atoms with van der Waals surface area (Å²) in [5, 5.41) is 12.7. The zero-order valence-corrected chi connectivity index (χ0v) is 30.3. The standard InChI is InChI=1S/C42H45ClN2O6/c1-26(2)51-38-24-36-29(20-37(38)49-4)21-39(46)45(40(36)28-10-14-32(43)15-11-28)33-16-12-30(13-17-33)42(3,48)31-22-34-18-19-35(23-31)44(34)41(47)50-25-27-8-6-5-7-9-27/h5-17,20,24,26,31,34-35,40,48H,18-19,21-23,25H2,1-4H3/t31?,34?,35?,40-,42?/m0/s1. The molecular formula is C42H45ClN2O6. The molecule has 3 unspecified atom stereocenters. The molecule has 2 amide bonds. The van der Waals surface area contributed by atoms with Gasteiger partial charge >= 0.3 is 6.09 Å². The Balaban J connectivity index is 1.13. The number of rotatable bonds is 9. The van der Waals surface area contributed by atoms with Crippen LogP contribution >= 0.6 is 11.6 Å². The predicted molar refractivity (Wildman–Crippen MR) is 197 cm³/mol. The second-order valence-corrected chi connectivity index (χ2v) is 14.9. The second kappa shape index (κ2) is 14.2. The lowest BCUT2D eigenvalue weighted by Crippen LogP contribution is -2.50. The van der Waals surface area contributed by atoms with Crippen LogP contribution in [0.5, 0.6) is 11.5 Å². The molecule has 0 saturated carbocycles. The monoisotopic (exact) mass is 708 g/mol. The molecule has 51 heavy (non-hydrogen) atoms. The molecule has 0 aliphatic carbocycles. The van der Waals surface area contributed by atoms with Gasteiger partial charge in [0.25, 0.3) is 0 Å². The molecule has 9 heteroatoms. The summed E-state index contributed by atoms with van der Waals surface area (Å²) >= 11 is 6.30. The van der Waals surface area contributed by atoms with Crippen LogP contribution in [-0.4, -0.2) is 47.3 Å². The molecule has 2 fully saturated rings. The minimum atomic E-state index is -1.13. The van der Waals surface area contributed by atoms with Gasteiger partial charge in [0.15, 0.2) is 11.5 Å². The zero-order chi connectivity index (χ0) is 35.9. The molecule has 0 aromatic heterocycles. The van der Waals surface area contributed by atoms with Gasteiger partial charge in [-0.15, -0.1) is 0 Å². The van der Waals surface area contributed by atoms with E-state index in [1.807, 2.05) is 122 Å². The summed E-state index contributed by atoms with van der Waals surface area (Å²) in [6, 6.07) is 28.5. The number of hydrogen-bond donors (Lipinski definition) is 1. The van der Waals surface area contributed by atoms with Crippen LogP contribution < -0.4 is 14.4 Å². The van der Waals surface area contributed by atoms with E-state index >= 15 is 0 Å². The average molecular weight is 709 g/mol. The van der Waals surface area contributed by atoms with Crippen molar-refractivity contribution in [2.24, 2.45) is 5.92 Å². The Labute approximate surface area is 304 Å². The van der Waals surface area contributed by atoms with Crippen LogP contribution in [0.25, 0.3) is 0 Å². The van der Waals surface area contributed by atoms with E-state index in [1.54, 1.807) is 7.11 Å². The number of hydrogen-bond acceptors (Lipinski definition) is 6.